The highest BCUT2D eigenvalue weighted by Gasteiger charge is 2.02. The van der Waals surface area contributed by atoms with Crippen LogP contribution in [0.25, 0.3) is 0 Å². The summed E-state index contributed by atoms with van der Waals surface area (Å²) in [6, 6.07) is 1.75. The molecule has 0 radical (unpaired) electrons. The van der Waals surface area contributed by atoms with Crippen molar-refractivity contribution in [2.75, 3.05) is 14.1 Å². The molecule has 5 heteroatoms. The molecule has 1 aromatic rings. The largest absolute Gasteiger partial charge is 0.366 e. The van der Waals surface area contributed by atoms with Crippen molar-refractivity contribution in [2.24, 2.45) is 4.99 Å². The van der Waals surface area contributed by atoms with Crippen LogP contribution in [-0.4, -0.2) is 35.0 Å². The van der Waals surface area contributed by atoms with Crippen LogP contribution in [0.1, 0.15) is 12.5 Å². The molecule has 0 amide bonds. The lowest BCUT2D eigenvalue weighted by molar-refractivity contribution is 0.618. The minimum atomic E-state index is 0.393. The Hall–Kier alpha value is -1.16. The summed E-state index contributed by atoms with van der Waals surface area (Å²) >= 11 is 5.68. The van der Waals surface area contributed by atoms with Crippen molar-refractivity contribution in [1.29, 1.82) is 0 Å². The third-order valence-corrected chi connectivity index (χ3v) is 2.03. The second-order valence-corrected chi connectivity index (χ2v) is 3.61. The van der Waals surface area contributed by atoms with E-state index in [0.29, 0.717) is 11.0 Å². The van der Waals surface area contributed by atoms with E-state index in [1.807, 2.05) is 32.8 Å². The standard InChI is InChI=1S/C9H13ClN4/c1-6-5-8(10)12-13-9(6)11-7(2)14(3)4/h5H,1-4H3. The first kappa shape index (κ1) is 10.9. The molecule has 0 atom stereocenters. The normalized spacial score (nSPS) is 11.6. The van der Waals surface area contributed by atoms with E-state index in [1.165, 1.54) is 0 Å². The van der Waals surface area contributed by atoms with E-state index >= 15 is 0 Å². The third-order valence-electron chi connectivity index (χ3n) is 1.84. The van der Waals surface area contributed by atoms with Crippen molar-refractivity contribution in [3.63, 3.8) is 0 Å². The summed E-state index contributed by atoms with van der Waals surface area (Å²) in [7, 11) is 3.86. The maximum Gasteiger partial charge on any atom is 0.179 e. The van der Waals surface area contributed by atoms with Gasteiger partial charge in [-0.2, -0.15) is 0 Å². The lowest BCUT2D eigenvalue weighted by Crippen LogP contribution is -2.18. The van der Waals surface area contributed by atoms with Gasteiger partial charge in [-0.05, 0) is 25.5 Å². The maximum absolute atomic E-state index is 5.68. The summed E-state index contributed by atoms with van der Waals surface area (Å²) in [6.07, 6.45) is 0. The molecule has 0 saturated carbocycles. The lowest BCUT2D eigenvalue weighted by Gasteiger charge is -2.10. The molecule has 0 aliphatic rings. The van der Waals surface area contributed by atoms with E-state index in [1.54, 1.807) is 6.07 Å². The fourth-order valence-electron chi connectivity index (χ4n) is 0.810. The van der Waals surface area contributed by atoms with Gasteiger partial charge in [0, 0.05) is 14.1 Å². The van der Waals surface area contributed by atoms with Gasteiger partial charge in [0.25, 0.3) is 0 Å². The molecule has 4 nitrogen and oxygen atoms in total. The van der Waals surface area contributed by atoms with E-state index in [9.17, 15) is 0 Å². The second-order valence-electron chi connectivity index (χ2n) is 3.23. The van der Waals surface area contributed by atoms with Gasteiger partial charge in [0.1, 0.15) is 5.84 Å². The number of halogens is 1. The van der Waals surface area contributed by atoms with Gasteiger partial charge < -0.3 is 4.90 Å². The number of nitrogens with zero attached hydrogens (tertiary/aromatic N) is 4. The van der Waals surface area contributed by atoms with Gasteiger partial charge in [-0.15, -0.1) is 10.2 Å². The number of aromatic nitrogens is 2. The smallest absolute Gasteiger partial charge is 0.179 e. The van der Waals surface area contributed by atoms with Gasteiger partial charge in [0.2, 0.25) is 0 Å². The average Bonchev–Trinajstić information content (AvgIpc) is 2.09. The van der Waals surface area contributed by atoms with Crippen molar-refractivity contribution in [3.05, 3.63) is 16.8 Å². The fourth-order valence-corrected chi connectivity index (χ4v) is 1.01. The van der Waals surface area contributed by atoms with Crippen molar-refractivity contribution >= 4 is 23.3 Å². The Morgan fingerprint density at radius 1 is 1.43 bits per heavy atom. The molecule has 1 heterocycles. The monoisotopic (exact) mass is 212 g/mol. The van der Waals surface area contributed by atoms with E-state index < -0.39 is 0 Å². The number of amidine groups is 1. The van der Waals surface area contributed by atoms with Crippen LogP contribution >= 0.6 is 11.6 Å². The summed E-state index contributed by atoms with van der Waals surface area (Å²) in [5.41, 5.74) is 0.922. The number of hydrogen-bond donors (Lipinski definition) is 0. The Kier molecular flexibility index (Phi) is 3.41. The molecule has 1 rings (SSSR count). The number of rotatable bonds is 1. The topological polar surface area (TPSA) is 41.4 Å². The van der Waals surface area contributed by atoms with Gasteiger partial charge in [-0.25, -0.2) is 4.99 Å². The molecule has 0 N–H and O–H groups in total. The molecule has 14 heavy (non-hydrogen) atoms. The Morgan fingerprint density at radius 2 is 2.07 bits per heavy atom. The van der Waals surface area contributed by atoms with Crippen LogP contribution in [-0.2, 0) is 0 Å². The highest BCUT2D eigenvalue weighted by molar-refractivity contribution is 6.29. The first-order valence-corrected chi connectivity index (χ1v) is 4.61. The van der Waals surface area contributed by atoms with Crippen LogP contribution in [0.4, 0.5) is 5.82 Å². The van der Waals surface area contributed by atoms with Crippen LogP contribution in [0.5, 0.6) is 0 Å². The van der Waals surface area contributed by atoms with Gasteiger partial charge in [-0.3, -0.25) is 0 Å². The van der Waals surface area contributed by atoms with Crippen molar-refractivity contribution in [1.82, 2.24) is 15.1 Å². The highest BCUT2D eigenvalue weighted by atomic mass is 35.5. The molecule has 0 bridgehead atoms. The minimum absolute atomic E-state index is 0.393. The molecule has 0 saturated heterocycles. The Labute approximate surface area is 88.6 Å². The first-order chi connectivity index (χ1) is 6.50. The predicted molar refractivity (Wildman–Crippen MR) is 58.2 cm³/mol. The molecular formula is C9H13ClN4. The maximum atomic E-state index is 5.68. The van der Waals surface area contributed by atoms with E-state index in [4.69, 9.17) is 11.6 Å². The van der Waals surface area contributed by atoms with Crippen LogP contribution in [0, 0.1) is 6.92 Å². The first-order valence-electron chi connectivity index (χ1n) is 4.23. The summed E-state index contributed by atoms with van der Waals surface area (Å²) in [4.78, 5) is 6.22. The molecule has 0 spiro atoms. The van der Waals surface area contributed by atoms with Gasteiger partial charge in [-0.1, -0.05) is 11.6 Å². The van der Waals surface area contributed by atoms with Gasteiger partial charge in [0.15, 0.2) is 11.0 Å². The molecule has 0 aromatic carbocycles. The van der Waals surface area contributed by atoms with E-state index in [0.717, 1.165) is 11.4 Å². The van der Waals surface area contributed by atoms with Crippen molar-refractivity contribution in [3.8, 4) is 0 Å². The second kappa shape index (κ2) is 4.37. The van der Waals surface area contributed by atoms with Crippen LogP contribution in [0.2, 0.25) is 5.15 Å². The molecule has 0 fully saturated rings. The molecule has 0 aliphatic heterocycles. The lowest BCUT2D eigenvalue weighted by atomic mass is 10.3. The molecule has 76 valence electrons. The number of aryl methyl sites for hydroxylation is 1. The number of aliphatic imine (C=N–C) groups is 1. The fraction of sp³-hybridized carbons (Fsp3) is 0.444. The van der Waals surface area contributed by atoms with Crippen LogP contribution < -0.4 is 0 Å². The quantitative estimate of drug-likeness (QED) is 0.529. The molecule has 1 aromatic heterocycles. The zero-order chi connectivity index (χ0) is 10.7. The van der Waals surface area contributed by atoms with Crippen molar-refractivity contribution in [2.45, 2.75) is 13.8 Å². The SMILES string of the molecule is CC(=Nc1nnc(Cl)cc1C)N(C)C. The predicted octanol–water partition coefficient (Wildman–Crippen LogP) is 2.05. The highest BCUT2D eigenvalue weighted by Crippen LogP contribution is 2.16. The zero-order valence-electron chi connectivity index (χ0n) is 8.74. The summed E-state index contributed by atoms with van der Waals surface area (Å²) in [5, 5.41) is 8.04. The summed E-state index contributed by atoms with van der Waals surface area (Å²) in [6.45, 7) is 3.82. The number of hydrogen-bond acceptors (Lipinski definition) is 3. The van der Waals surface area contributed by atoms with Crippen molar-refractivity contribution < 1.29 is 0 Å². The Balaban J connectivity index is 3.03. The minimum Gasteiger partial charge on any atom is -0.366 e. The average molecular weight is 213 g/mol. The molecule has 0 unspecified atom stereocenters. The molecule has 0 aliphatic carbocycles. The zero-order valence-corrected chi connectivity index (χ0v) is 9.50. The van der Waals surface area contributed by atoms with E-state index in [-0.39, 0.29) is 0 Å². The molecular weight excluding hydrogens is 200 g/mol. The van der Waals surface area contributed by atoms with E-state index in [2.05, 4.69) is 15.2 Å². The Morgan fingerprint density at radius 3 is 2.57 bits per heavy atom. The summed E-state index contributed by atoms with van der Waals surface area (Å²) < 4.78 is 0. The Bertz CT molecular complexity index is 360. The van der Waals surface area contributed by atoms with Crippen LogP contribution in [0.15, 0.2) is 11.1 Å². The summed E-state index contributed by atoms with van der Waals surface area (Å²) in [5.74, 6) is 1.49. The van der Waals surface area contributed by atoms with Gasteiger partial charge >= 0.3 is 0 Å². The third kappa shape index (κ3) is 2.67. The van der Waals surface area contributed by atoms with Gasteiger partial charge in [0.05, 0.1) is 0 Å². The van der Waals surface area contributed by atoms with Crippen LogP contribution in [0.3, 0.4) is 0 Å².